The second-order valence-corrected chi connectivity index (χ2v) is 5.31. The van der Waals surface area contributed by atoms with Crippen molar-refractivity contribution in [2.24, 2.45) is 0 Å². The van der Waals surface area contributed by atoms with E-state index >= 15 is 0 Å². The summed E-state index contributed by atoms with van der Waals surface area (Å²) in [6.45, 7) is 0. The van der Waals surface area contributed by atoms with E-state index in [1.54, 1.807) is 30.6 Å². The van der Waals surface area contributed by atoms with E-state index in [4.69, 9.17) is 10.3 Å². The Morgan fingerprint density at radius 3 is 2.76 bits per heavy atom. The molecule has 3 aromatic rings. The van der Waals surface area contributed by atoms with E-state index in [9.17, 15) is 4.39 Å². The highest BCUT2D eigenvalue weighted by Crippen LogP contribution is 2.24. The van der Waals surface area contributed by atoms with Crippen LogP contribution in [0.5, 0.6) is 0 Å². The predicted octanol–water partition coefficient (Wildman–Crippen LogP) is 3.15. The summed E-state index contributed by atoms with van der Waals surface area (Å²) in [6, 6.07) is 7.98. The Morgan fingerprint density at radius 2 is 2.00 bits per heavy atom. The topological polar surface area (TPSA) is 77.8 Å². The van der Waals surface area contributed by atoms with Gasteiger partial charge < -0.3 is 10.3 Å². The minimum Gasteiger partial charge on any atom is -0.397 e. The monoisotopic (exact) mass is 302 g/mol. The van der Waals surface area contributed by atoms with Gasteiger partial charge in [0, 0.05) is 17.3 Å². The SMILES string of the molecule is Nc1cncc(-c2nc(CSc3ccc(F)cc3)no2)c1. The smallest absolute Gasteiger partial charge is 0.259 e. The standard InChI is InChI=1S/C14H11FN4OS/c15-10-1-3-12(4-2-10)21-8-13-18-14(20-19-13)9-5-11(16)7-17-6-9/h1-7H,8,16H2. The molecule has 2 heterocycles. The summed E-state index contributed by atoms with van der Waals surface area (Å²) in [7, 11) is 0. The average molecular weight is 302 g/mol. The summed E-state index contributed by atoms with van der Waals surface area (Å²) in [4.78, 5) is 9.20. The second kappa shape index (κ2) is 5.92. The molecule has 0 unspecified atom stereocenters. The van der Waals surface area contributed by atoms with Crippen molar-refractivity contribution in [1.82, 2.24) is 15.1 Å². The molecule has 0 amide bonds. The molecule has 7 heteroatoms. The van der Waals surface area contributed by atoms with Gasteiger partial charge in [-0.15, -0.1) is 11.8 Å². The van der Waals surface area contributed by atoms with Crippen LogP contribution in [0.4, 0.5) is 10.1 Å². The second-order valence-electron chi connectivity index (χ2n) is 4.27. The third kappa shape index (κ3) is 3.38. The molecule has 2 N–H and O–H groups in total. The summed E-state index contributed by atoms with van der Waals surface area (Å²) in [5.74, 6) is 1.21. The van der Waals surface area contributed by atoms with Gasteiger partial charge in [0.25, 0.3) is 5.89 Å². The van der Waals surface area contributed by atoms with Crippen molar-refractivity contribution in [2.75, 3.05) is 5.73 Å². The number of pyridine rings is 1. The van der Waals surface area contributed by atoms with Crippen molar-refractivity contribution in [1.29, 1.82) is 0 Å². The average Bonchev–Trinajstić information content (AvgIpc) is 2.96. The van der Waals surface area contributed by atoms with Crippen LogP contribution < -0.4 is 5.73 Å². The third-order valence-electron chi connectivity index (χ3n) is 2.66. The number of nitrogen functional groups attached to an aromatic ring is 1. The number of nitrogens with zero attached hydrogens (tertiary/aromatic N) is 3. The highest BCUT2D eigenvalue weighted by molar-refractivity contribution is 7.98. The molecule has 0 radical (unpaired) electrons. The number of aromatic nitrogens is 3. The lowest BCUT2D eigenvalue weighted by Gasteiger charge is -1.97. The fourth-order valence-electron chi connectivity index (χ4n) is 1.68. The number of anilines is 1. The van der Waals surface area contributed by atoms with Crippen molar-refractivity contribution in [3.63, 3.8) is 0 Å². The van der Waals surface area contributed by atoms with Gasteiger partial charge in [-0.3, -0.25) is 4.98 Å². The Kier molecular flexibility index (Phi) is 3.83. The first-order chi connectivity index (χ1) is 10.2. The largest absolute Gasteiger partial charge is 0.397 e. The lowest BCUT2D eigenvalue weighted by Crippen LogP contribution is -1.88. The lowest BCUT2D eigenvalue weighted by atomic mass is 10.2. The minimum absolute atomic E-state index is 0.254. The normalized spacial score (nSPS) is 10.7. The Labute approximate surface area is 124 Å². The first kappa shape index (κ1) is 13.6. The number of rotatable bonds is 4. The van der Waals surface area contributed by atoms with Gasteiger partial charge in [0.1, 0.15) is 5.82 Å². The molecule has 0 aliphatic heterocycles. The molecule has 0 bridgehead atoms. The number of benzene rings is 1. The van der Waals surface area contributed by atoms with E-state index in [0.717, 1.165) is 4.90 Å². The number of hydrogen-bond donors (Lipinski definition) is 1. The number of nitrogens with two attached hydrogens (primary N) is 1. The molecule has 0 fully saturated rings. The first-order valence-electron chi connectivity index (χ1n) is 6.12. The van der Waals surface area contributed by atoms with Crippen LogP contribution in [0.2, 0.25) is 0 Å². The minimum atomic E-state index is -0.254. The highest BCUT2D eigenvalue weighted by Gasteiger charge is 2.10. The maximum Gasteiger partial charge on any atom is 0.259 e. The zero-order chi connectivity index (χ0) is 14.7. The number of halogens is 1. The van der Waals surface area contributed by atoms with E-state index in [0.29, 0.717) is 28.7 Å². The van der Waals surface area contributed by atoms with Gasteiger partial charge in [-0.2, -0.15) is 4.98 Å². The van der Waals surface area contributed by atoms with Gasteiger partial charge in [-0.1, -0.05) is 5.16 Å². The van der Waals surface area contributed by atoms with Crippen LogP contribution in [-0.4, -0.2) is 15.1 Å². The fraction of sp³-hybridized carbons (Fsp3) is 0.0714. The molecule has 0 aliphatic carbocycles. The molecule has 0 aliphatic rings. The van der Waals surface area contributed by atoms with Crippen molar-refractivity contribution in [3.05, 3.63) is 54.4 Å². The Bertz CT molecular complexity index is 745. The van der Waals surface area contributed by atoms with Crippen LogP contribution in [0.1, 0.15) is 5.82 Å². The van der Waals surface area contributed by atoms with Gasteiger partial charge in [0.05, 0.1) is 17.0 Å². The van der Waals surface area contributed by atoms with Crippen LogP contribution >= 0.6 is 11.8 Å². The number of hydrogen-bond acceptors (Lipinski definition) is 6. The van der Waals surface area contributed by atoms with Gasteiger partial charge in [-0.25, -0.2) is 4.39 Å². The molecule has 5 nitrogen and oxygen atoms in total. The zero-order valence-corrected chi connectivity index (χ0v) is 11.7. The Balaban J connectivity index is 1.69. The van der Waals surface area contributed by atoms with Crippen LogP contribution in [0.15, 0.2) is 52.1 Å². The number of thioether (sulfide) groups is 1. The van der Waals surface area contributed by atoms with E-state index < -0.39 is 0 Å². The van der Waals surface area contributed by atoms with E-state index in [1.807, 2.05) is 0 Å². The molecule has 1 aromatic carbocycles. The summed E-state index contributed by atoms with van der Waals surface area (Å²) < 4.78 is 18.0. The van der Waals surface area contributed by atoms with Gasteiger partial charge >= 0.3 is 0 Å². The van der Waals surface area contributed by atoms with Crippen LogP contribution in [0.25, 0.3) is 11.5 Å². The molecule has 0 saturated carbocycles. The van der Waals surface area contributed by atoms with Crippen molar-refractivity contribution in [3.8, 4) is 11.5 Å². The highest BCUT2D eigenvalue weighted by atomic mass is 32.2. The molecular weight excluding hydrogens is 291 g/mol. The third-order valence-corrected chi connectivity index (χ3v) is 3.66. The summed E-state index contributed by atoms with van der Waals surface area (Å²) in [6.07, 6.45) is 3.16. The summed E-state index contributed by atoms with van der Waals surface area (Å²) in [5.41, 5.74) is 6.88. The van der Waals surface area contributed by atoms with E-state index in [-0.39, 0.29) is 5.82 Å². The van der Waals surface area contributed by atoms with Gasteiger partial charge in [0.2, 0.25) is 0 Å². The molecule has 106 valence electrons. The molecule has 0 spiro atoms. The van der Waals surface area contributed by atoms with Gasteiger partial charge in [-0.05, 0) is 30.3 Å². The van der Waals surface area contributed by atoms with Crippen molar-refractivity contribution < 1.29 is 8.91 Å². The quantitative estimate of drug-likeness (QED) is 0.746. The van der Waals surface area contributed by atoms with Crippen LogP contribution in [0.3, 0.4) is 0 Å². The molecule has 2 aromatic heterocycles. The maximum absolute atomic E-state index is 12.8. The van der Waals surface area contributed by atoms with Crippen molar-refractivity contribution in [2.45, 2.75) is 10.6 Å². The van der Waals surface area contributed by atoms with E-state index in [2.05, 4.69) is 15.1 Å². The Hall–Kier alpha value is -2.41. The summed E-state index contributed by atoms with van der Waals surface area (Å²) in [5, 5.41) is 3.91. The maximum atomic E-state index is 12.8. The van der Waals surface area contributed by atoms with Crippen LogP contribution in [-0.2, 0) is 5.75 Å². The predicted molar refractivity (Wildman–Crippen MR) is 77.9 cm³/mol. The molecule has 0 atom stereocenters. The van der Waals surface area contributed by atoms with Crippen LogP contribution in [0, 0.1) is 5.82 Å². The van der Waals surface area contributed by atoms with E-state index in [1.165, 1.54) is 23.9 Å². The Morgan fingerprint density at radius 1 is 1.19 bits per heavy atom. The van der Waals surface area contributed by atoms with Gasteiger partial charge in [0.15, 0.2) is 5.82 Å². The van der Waals surface area contributed by atoms with Crippen molar-refractivity contribution >= 4 is 17.4 Å². The first-order valence-corrected chi connectivity index (χ1v) is 7.11. The lowest BCUT2D eigenvalue weighted by molar-refractivity contribution is 0.425. The molecule has 0 saturated heterocycles. The fourth-order valence-corrected chi connectivity index (χ4v) is 2.42. The molecule has 21 heavy (non-hydrogen) atoms. The molecule has 3 rings (SSSR count). The zero-order valence-electron chi connectivity index (χ0n) is 10.9. The molecular formula is C14H11FN4OS. The summed E-state index contributed by atoms with van der Waals surface area (Å²) >= 11 is 1.50.